The molecule has 3 rings (SSSR count). The summed E-state index contributed by atoms with van der Waals surface area (Å²) in [4.78, 5) is 27.2. The fraction of sp³-hybridized carbons (Fsp3) is 0.500. The predicted octanol–water partition coefficient (Wildman–Crippen LogP) is 1.07. The van der Waals surface area contributed by atoms with Crippen molar-refractivity contribution in [2.45, 2.75) is 24.9 Å². The number of amides is 3. The molecule has 1 aromatic carbocycles. The molecule has 0 bridgehead atoms. The molecule has 2 unspecified atom stereocenters. The van der Waals surface area contributed by atoms with Crippen LogP contribution in [0.15, 0.2) is 18.2 Å². The van der Waals surface area contributed by atoms with Crippen LogP contribution < -0.4 is 15.5 Å². The van der Waals surface area contributed by atoms with Crippen LogP contribution in [0.5, 0.6) is 0 Å². The molecule has 3 amide bonds. The van der Waals surface area contributed by atoms with E-state index in [4.69, 9.17) is 0 Å². The Balaban J connectivity index is 1.52. The third kappa shape index (κ3) is 3.42. The van der Waals surface area contributed by atoms with E-state index in [1.165, 1.54) is 12.1 Å². The predicted molar refractivity (Wildman–Crippen MR) is 84.7 cm³/mol. The number of urea groups is 1. The number of rotatable bonds is 3. The Kier molecular flexibility index (Phi) is 4.55. The maximum atomic E-state index is 13.8. The quantitative estimate of drug-likeness (QED) is 0.867. The third-order valence-electron chi connectivity index (χ3n) is 4.51. The summed E-state index contributed by atoms with van der Waals surface area (Å²) in [6.07, 6.45) is 1.25. The average molecular weight is 338 g/mol. The summed E-state index contributed by atoms with van der Waals surface area (Å²) in [5, 5.41) is 5.49. The molecule has 1 aromatic rings. The van der Waals surface area contributed by atoms with Gasteiger partial charge in [0.25, 0.3) is 0 Å². The number of benzene rings is 1. The Bertz CT molecular complexity index is 655. The Morgan fingerprint density at radius 3 is 2.67 bits per heavy atom. The Morgan fingerprint density at radius 1 is 1.21 bits per heavy atom. The summed E-state index contributed by atoms with van der Waals surface area (Å²) in [6, 6.07) is 2.44. The second-order valence-electron chi connectivity index (χ2n) is 6.25. The molecule has 2 saturated heterocycles. The number of likely N-dealkylation sites (tertiary alicyclic amines) is 1. The minimum atomic E-state index is -0.615. The molecule has 0 aromatic heterocycles. The first kappa shape index (κ1) is 16.5. The first-order valence-corrected chi connectivity index (χ1v) is 7.96. The van der Waals surface area contributed by atoms with Crippen molar-refractivity contribution >= 4 is 17.6 Å². The number of carbonyl (C=O) groups is 2. The van der Waals surface area contributed by atoms with E-state index >= 15 is 0 Å². The molecule has 130 valence electrons. The molecule has 0 saturated carbocycles. The van der Waals surface area contributed by atoms with Gasteiger partial charge >= 0.3 is 6.03 Å². The van der Waals surface area contributed by atoms with Gasteiger partial charge in [0.05, 0.1) is 5.69 Å². The highest BCUT2D eigenvalue weighted by Gasteiger charge is 2.31. The van der Waals surface area contributed by atoms with Crippen LogP contribution >= 0.6 is 0 Å². The Hall–Kier alpha value is -2.38. The number of carbonyl (C=O) groups excluding carboxylic acids is 2. The number of nitrogens with zero attached hydrogens (tertiary/aromatic N) is 2. The molecule has 2 atom stereocenters. The van der Waals surface area contributed by atoms with E-state index in [2.05, 4.69) is 10.6 Å². The smallest absolute Gasteiger partial charge is 0.315 e. The number of hydrogen-bond acceptors (Lipinski definition) is 3. The SMILES string of the molecule is CN1CCC(NC(=O)NC2CCN(c3ccc(F)cc3F)C2)C1=O. The van der Waals surface area contributed by atoms with Gasteiger partial charge in [0.15, 0.2) is 0 Å². The summed E-state index contributed by atoms with van der Waals surface area (Å²) in [7, 11) is 1.70. The Labute approximate surface area is 138 Å². The van der Waals surface area contributed by atoms with Crippen molar-refractivity contribution in [3.63, 3.8) is 0 Å². The number of nitrogens with one attached hydrogen (secondary N) is 2. The normalized spacial score (nSPS) is 23.7. The third-order valence-corrected chi connectivity index (χ3v) is 4.51. The van der Waals surface area contributed by atoms with Crippen LogP contribution in [-0.2, 0) is 4.79 Å². The van der Waals surface area contributed by atoms with Crippen LogP contribution in [-0.4, -0.2) is 55.6 Å². The Morgan fingerprint density at radius 2 is 2.00 bits per heavy atom. The highest BCUT2D eigenvalue weighted by atomic mass is 19.1. The maximum Gasteiger partial charge on any atom is 0.315 e. The van der Waals surface area contributed by atoms with Gasteiger partial charge < -0.3 is 20.4 Å². The lowest BCUT2D eigenvalue weighted by Gasteiger charge is -2.20. The minimum absolute atomic E-state index is 0.0911. The van der Waals surface area contributed by atoms with E-state index in [0.29, 0.717) is 38.2 Å². The zero-order valence-electron chi connectivity index (χ0n) is 13.4. The molecule has 0 spiro atoms. The van der Waals surface area contributed by atoms with Gasteiger partial charge in [-0.1, -0.05) is 0 Å². The summed E-state index contributed by atoms with van der Waals surface area (Å²) < 4.78 is 26.8. The van der Waals surface area contributed by atoms with Crippen molar-refractivity contribution in [1.82, 2.24) is 15.5 Å². The van der Waals surface area contributed by atoms with E-state index in [9.17, 15) is 18.4 Å². The second-order valence-corrected chi connectivity index (χ2v) is 6.25. The molecule has 0 aliphatic carbocycles. The second kappa shape index (κ2) is 6.62. The van der Waals surface area contributed by atoms with Crippen molar-refractivity contribution in [2.24, 2.45) is 0 Å². The van der Waals surface area contributed by atoms with Gasteiger partial charge in [0.1, 0.15) is 17.7 Å². The number of anilines is 1. The largest absolute Gasteiger partial charge is 0.367 e. The van der Waals surface area contributed by atoms with Gasteiger partial charge in [-0.25, -0.2) is 13.6 Å². The van der Waals surface area contributed by atoms with Gasteiger partial charge in [0.2, 0.25) is 5.91 Å². The van der Waals surface area contributed by atoms with Gasteiger partial charge in [0, 0.05) is 38.8 Å². The number of likely N-dealkylation sites (N-methyl/N-ethyl adjacent to an activating group) is 1. The van der Waals surface area contributed by atoms with Gasteiger partial charge in [-0.05, 0) is 25.0 Å². The van der Waals surface area contributed by atoms with E-state index in [1.807, 2.05) is 0 Å². The first-order chi connectivity index (χ1) is 11.4. The van der Waals surface area contributed by atoms with Gasteiger partial charge in [-0.3, -0.25) is 4.79 Å². The number of hydrogen-bond donors (Lipinski definition) is 2. The summed E-state index contributed by atoms with van der Waals surface area (Å²) in [5.41, 5.74) is 0.328. The lowest BCUT2D eigenvalue weighted by molar-refractivity contribution is -0.128. The van der Waals surface area contributed by atoms with Crippen molar-refractivity contribution < 1.29 is 18.4 Å². The first-order valence-electron chi connectivity index (χ1n) is 7.96. The van der Waals surface area contributed by atoms with E-state index in [1.54, 1.807) is 16.8 Å². The van der Waals surface area contributed by atoms with Crippen LogP contribution in [0, 0.1) is 11.6 Å². The summed E-state index contributed by atoms with van der Waals surface area (Å²) in [6.45, 7) is 1.64. The molecule has 2 aliphatic heterocycles. The van der Waals surface area contributed by atoms with Crippen LogP contribution in [0.1, 0.15) is 12.8 Å². The highest BCUT2D eigenvalue weighted by Crippen LogP contribution is 2.24. The fourth-order valence-corrected chi connectivity index (χ4v) is 3.18. The standard InChI is InChI=1S/C16H20F2N4O2/c1-21-6-5-13(15(21)23)20-16(24)19-11-4-7-22(9-11)14-3-2-10(17)8-12(14)18/h2-3,8,11,13H,4-7,9H2,1H3,(H2,19,20,24). The van der Waals surface area contributed by atoms with Crippen LogP contribution in [0.4, 0.5) is 19.3 Å². The maximum absolute atomic E-state index is 13.8. The molecule has 8 heteroatoms. The monoisotopic (exact) mass is 338 g/mol. The van der Waals surface area contributed by atoms with Crippen molar-refractivity contribution in [1.29, 1.82) is 0 Å². The molecule has 0 radical (unpaired) electrons. The zero-order valence-corrected chi connectivity index (χ0v) is 13.4. The van der Waals surface area contributed by atoms with Crippen LogP contribution in [0.25, 0.3) is 0 Å². The molecular weight excluding hydrogens is 318 g/mol. The minimum Gasteiger partial charge on any atom is -0.367 e. The van der Waals surface area contributed by atoms with Crippen LogP contribution in [0.3, 0.4) is 0 Å². The molecule has 2 aliphatic rings. The van der Waals surface area contributed by atoms with E-state index in [-0.39, 0.29) is 11.9 Å². The highest BCUT2D eigenvalue weighted by molar-refractivity contribution is 5.88. The van der Waals surface area contributed by atoms with Crippen molar-refractivity contribution in [3.05, 3.63) is 29.8 Å². The topological polar surface area (TPSA) is 64.7 Å². The van der Waals surface area contributed by atoms with E-state index < -0.39 is 23.7 Å². The fourth-order valence-electron chi connectivity index (χ4n) is 3.18. The lowest BCUT2D eigenvalue weighted by Crippen LogP contribution is -2.49. The molecule has 2 fully saturated rings. The zero-order chi connectivity index (χ0) is 17.3. The average Bonchev–Trinajstić information content (AvgIpc) is 3.09. The lowest BCUT2D eigenvalue weighted by atomic mass is 10.2. The van der Waals surface area contributed by atoms with Crippen molar-refractivity contribution in [2.75, 3.05) is 31.6 Å². The molecule has 6 nitrogen and oxygen atoms in total. The molecular formula is C16H20F2N4O2. The molecule has 2 heterocycles. The van der Waals surface area contributed by atoms with E-state index in [0.717, 1.165) is 6.07 Å². The van der Waals surface area contributed by atoms with Gasteiger partial charge in [-0.15, -0.1) is 0 Å². The van der Waals surface area contributed by atoms with Gasteiger partial charge in [-0.2, -0.15) is 0 Å². The summed E-state index contributed by atoms with van der Waals surface area (Å²) in [5.74, 6) is -1.32. The number of halogens is 2. The molecule has 24 heavy (non-hydrogen) atoms. The molecule has 2 N–H and O–H groups in total. The van der Waals surface area contributed by atoms with Crippen molar-refractivity contribution in [3.8, 4) is 0 Å². The summed E-state index contributed by atoms with van der Waals surface area (Å²) >= 11 is 0. The van der Waals surface area contributed by atoms with Crippen LogP contribution in [0.2, 0.25) is 0 Å².